The Morgan fingerprint density at radius 3 is 2.46 bits per heavy atom. The Kier molecular flexibility index (Phi) is 5.34. The first-order valence-electron chi connectivity index (χ1n) is 7.91. The molecule has 0 saturated carbocycles. The lowest BCUT2D eigenvalue weighted by Crippen LogP contribution is -2.14. The molecule has 146 valence electrons. The van der Waals surface area contributed by atoms with Gasteiger partial charge in [-0.25, -0.2) is 8.42 Å². The summed E-state index contributed by atoms with van der Waals surface area (Å²) in [6.07, 6.45) is 0. The Labute approximate surface area is 164 Å². The van der Waals surface area contributed by atoms with E-state index in [4.69, 9.17) is 9.47 Å². The molecule has 10 heteroatoms. The maximum absolute atomic E-state index is 12.8. The summed E-state index contributed by atoms with van der Waals surface area (Å²) in [5.41, 5.74) is -0.155. The summed E-state index contributed by atoms with van der Waals surface area (Å²) in [6, 6.07) is 10.2. The van der Waals surface area contributed by atoms with Gasteiger partial charge in [-0.1, -0.05) is 17.4 Å². The Balaban J connectivity index is 2.04. The molecule has 0 aliphatic heterocycles. The quantitative estimate of drug-likeness (QED) is 0.444. The van der Waals surface area contributed by atoms with Gasteiger partial charge in [-0.2, -0.15) is 0 Å². The van der Waals surface area contributed by atoms with Gasteiger partial charge in [-0.05, 0) is 41.3 Å². The lowest BCUT2D eigenvalue weighted by atomic mass is 10.2. The molecule has 0 N–H and O–H groups in total. The van der Waals surface area contributed by atoms with E-state index in [-0.39, 0.29) is 21.9 Å². The summed E-state index contributed by atoms with van der Waals surface area (Å²) < 4.78 is 35.6. The van der Waals surface area contributed by atoms with Crippen LogP contribution in [0, 0.1) is 10.1 Å². The van der Waals surface area contributed by atoms with Crippen LogP contribution in [-0.4, -0.2) is 27.6 Å². The van der Waals surface area contributed by atoms with Crippen LogP contribution in [0.2, 0.25) is 0 Å². The van der Waals surface area contributed by atoms with Crippen molar-refractivity contribution in [2.45, 2.75) is 10.6 Å². The minimum Gasteiger partial charge on any atom is -0.497 e. The normalized spacial score (nSPS) is 11.4. The molecular weight excluding hydrogens is 406 g/mol. The highest BCUT2D eigenvalue weighted by atomic mass is 32.2. The number of hydrogen-bond donors (Lipinski definition) is 0. The highest BCUT2D eigenvalue weighted by molar-refractivity contribution is 7.90. The van der Waals surface area contributed by atoms with E-state index in [0.29, 0.717) is 15.8 Å². The first-order valence-corrected chi connectivity index (χ1v) is 10.4. The number of nitro groups is 1. The van der Waals surface area contributed by atoms with Crippen LogP contribution in [0.1, 0.15) is 5.56 Å². The minimum atomic E-state index is -4.01. The molecule has 0 aliphatic carbocycles. The van der Waals surface area contributed by atoms with Gasteiger partial charge >= 0.3 is 5.69 Å². The minimum absolute atomic E-state index is 0.0255. The zero-order valence-electron chi connectivity index (χ0n) is 14.9. The second-order valence-electron chi connectivity index (χ2n) is 5.82. The number of hydrogen-bond acceptors (Lipinski definition) is 8. The van der Waals surface area contributed by atoms with Crippen LogP contribution < -0.4 is 14.2 Å². The predicted molar refractivity (Wildman–Crippen MR) is 105 cm³/mol. The largest absolute Gasteiger partial charge is 0.497 e. The number of nitro benzene ring substituents is 1. The van der Waals surface area contributed by atoms with E-state index in [9.17, 15) is 23.3 Å². The van der Waals surface area contributed by atoms with Crippen molar-refractivity contribution in [2.75, 3.05) is 14.2 Å². The average molecular weight is 421 g/mol. The van der Waals surface area contributed by atoms with Crippen molar-refractivity contribution < 1.29 is 22.8 Å². The molecule has 0 bridgehead atoms. The van der Waals surface area contributed by atoms with E-state index in [1.807, 2.05) is 0 Å². The van der Waals surface area contributed by atoms with Crippen LogP contribution in [0.4, 0.5) is 5.69 Å². The molecular formula is C18H15NO7S2. The van der Waals surface area contributed by atoms with Gasteiger partial charge in [0.05, 0.1) is 24.9 Å². The Hall–Kier alpha value is -2.98. The van der Waals surface area contributed by atoms with Gasteiger partial charge in [0.25, 0.3) is 4.74 Å². The lowest BCUT2D eigenvalue weighted by molar-refractivity contribution is -0.385. The number of sulfone groups is 1. The maximum Gasteiger partial charge on any atom is 0.311 e. The molecule has 2 aromatic carbocycles. The number of benzene rings is 2. The first kappa shape index (κ1) is 19.8. The van der Waals surface area contributed by atoms with Crippen molar-refractivity contribution in [1.29, 1.82) is 0 Å². The fourth-order valence-electron chi connectivity index (χ4n) is 2.68. The molecule has 0 saturated heterocycles. The molecule has 0 amide bonds. The molecule has 8 nitrogen and oxygen atoms in total. The zero-order valence-corrected chi connectivity index (χ0v) is 16.5. The summed E-state index contributed by atoms with van der Waals surface area (Å²) in [5, 5.41) is 11.7. The van der Waals surface area contributed by atoms with Gasteiger partial charge in [0.1, 0.15) is 10.6 Å². The SMILES string of the molecule is COc1ccc2cc(S(=O)(=O)Cc3ccc(OC)c([N+](=O)[O-])c3)c(=O)sc2c1. The van der Waals surface area contributed by atoms with Gasteiger partial charge in [0.15, 0.2) is 15.6 Å². The Morgan fingerprint density at radius 1 is 1.07 bits per heavy atom. The van der Waals surface area contributed by atoms with E-state index < -0.39 is 25.3 Å². The number of ether oxygens (including phenoxy) is 2. The van der Waals surface area contributed by atoms with Gasteiger partial charge in [0.2, 0.25) is 0 Å². The van der Waals surface area contributed by atoms with Crippen molar-refractivity contribution in [3.63, 3.8) is 0 Å². The molecule has 0 spiro atoms. The van der Waals surface area contributed by atoms with Crippen molar-refractivity contribution >= 4 is 36.9 Å². The maximum atomic E-state index is 12.8. The third-order valence-corrected chi connectivity index (χ3v) is 6.84. The molecule has 1 aromatic heterocycles. The third kappa shape index (κ3) is 3.82. The van der Waals surface area contributed by atoms with Crippen molar-refractivity contribution in [3.05, 3.63) is 67.7 Å². The molecule has 0 unspecified atom stereocenters. The number of fused-ring (bicyclic) bond motifs is 1. The van der Waals surface area contributed by atoms with Gasteiger partial charge in [-0.3, -0.25) is 14.9 Å². The summed E-state index contributed by atoms with van der Waals surface area (Å²) in [6.45, 7) is 0. The lowest BCUT2D eigenvalue weighted by Gasteiger charge is -2.07. The van der Waals surface area contributed by atoms with Crippen LogP contribution >= 0.6 is 11.3 Å². The fraction of sp³-hybridized carbons (Fsp3) is 0.167. The van der Waals surface area contributed by atoms with Crippen LogP contribution in [-0.2, 0) is 15.6 Å². The summed E-state index contributed by atoms with van der Waals surface area (Å²) in [7, 11) is -1.23. The molecule has 1 heterocycles. The molecule has 0 fully saturated rings. The molecule has 0 radical (unpaired) electrons. The summed E-state index contributed by atoms with van der Waals surface area (Å²) >= 11 is 0.806. The first-order chi connectivity index (χ1) is 13.2. The van der Waals surface area contributed by atoms with E-state index in [2.05, 4.69) is 0 Å². The summed E-state index contributed by atoms with van der Waals surface area (Å²) in [4.78, 5) is 22.6. The van der Waals surface area contributed by atoms with E-state index in [1.165, 1.54) is 32.4 Å². The predicted octanol–water partition coefficient (Wildman–Crippen LogP) is 3.16. The average Bonchev–Trinajstić information content (AvgIpc) is 2.66. The molecule has 3 rings (SSSR count). The smallest absolute Gasteiger partial charge is 0.311 e. The fourth-order valence-corrected chi connectivity index (χ4v) is 5.30. The summed E-state index contributed by atoms with van der Waals surface area (Å²) in [5.74, 6) is 0.0448. The standard InChI is InChI=1S/C18H15NO7S2/c1-25-13-5-4-12-8-17(18(20)27-16(12)9-13)28(23,24)10-11-3-6-15(26-2)14(7-11)19(21)22/h3-9H,10H2,1-2H3. The van der Waals surface area contributed by atoms with E-state index >= 15 is 0 Å². The topological polar surface area (TPSA) is 113 Å². The highest BCUT2D eigenvalue weighted by Gasteiger charge is 2.23. The number of nitrogens with zero attached hydrogens (tertiary/aromatic N) is 1. The molecule has 3 aromatic rings. The monoisotopic (exact) mass is 421 g/mol. The van der Waals surface area contributed by atoms with Crippen LogP contribution in [0.5, 0.6) is 11.5 Å². The van der Waals surface area contributed by atoms with Crippen molar-refractivity contribution in [1.82, 2.24) is 0 Å². The van der Waals surface area contributed by atoms with Gasteiger partial charge in [-0.15, -0.1) is 0 Å². The van der Waals surface area contributed by atoms with Gasteiger partial charge in [0, 0.05) is 10.8 Å². The van der Waals surface area contributed by atoms with E-state index in [0.717, 1.165) is 17.4 Å². The van der Waals surface area contributed by atoms with Crippen LogP contribution in [0.25, 0.3) is 10.1 Å². The third-order valence-electron chi connectivity index (χ3n) is 4.04. The van der Waals surface area contributed by atoms with Crippen LogP contribution in [0.15, 0.2) is 52.2 Å². The molecule has 28 heavy (non-hydrogen) atoms. The van der Waals surface area contributed by atoms with Crippen molar-refractivity contribution in [3.8, 4) is 11.5 Å². The second kappa shape index (κ2) is 7.56. The van der Waals surface area contributed by atoms with Crippen molar-refractivity contribution in [2.24, 2.45) is 0 Å². The van der Waals surface area contributed by atoms with Crippen LogP contribution in [0.3, 0.4) is 0 Å². The highest BCUT2D eigenvalue weighted by Crippen LogP contribution is 2.30. The molecule has 0 atom stereocenters. The number of methoxy groups -OCH3 is 2. The zero-order chi connectivity index (χ0) is 20.5. The molecule has 0 aliphatic rings. The Bertz CT molecular complexity index is 1230. The van der Waals surface area contributed by atoms with Gasteiger partial charge < -0.3 is 9.47 Å². The second-order valence-corrected chi connectivity index (χ2v) is 8.80. The number of rotatable bonds is 6. The Morgan fingerprint density at radius 2 is 1.82 bits per heavy atom. The van der Waals surface area contributed by atoms with E-state index in [1.54, 1.807) is 18.2 Å².